The summed E-state index contributed by atoms with van der Waals surface area (Å²) >= 11 is 0. The maximum absolute atomic E-state index is 12.4. The van der Waals surface area contributed by atoms with Crippen molar-refractivity contribution in [2.75, 3.05) is 19.8 Å². The van der Waals surface area contributed by atoms with Gasteiger partial charge in [0.25, 0.3) is 0 Å². The molecule has 0 aromatic carbocycles. The molecule has 0 saturated carbocycles. The van der Waals surface area contributed by atoms with Crippen LogP contribution in [0.1, 0.15) is 59.3 Å². The van der Waals surface area contributed by atoms with Gasteiger partial charge in [-0.1, -0.05) is 46.6 Å². The Bertz CT molecular complexity index is 632. The highest BCUT2D eigenvalue weighted by Crippen LogP contribution is 2.27. The summed E-state index contributed by atoms with van der Waals surface area (Å²) in [4.78, 5) is 41.0. The standard InChI is InChI=1S/C20H29NO6/c1-5-8-11-25-18(22)15-14(4)16(19(23)26-12-9-6-2)21-17(15)20(24)27-13-10-7-3/h4-13H2,1-3H3. The molecule has 0 bridgehead atoms. The lowest BCUT2D eigenvalue weighted by Gasteiger charge is -2.08. The van der Waals surface area contributed by atoms with Crippen LogP contribution in [0.2, 0.25) is 0 Å². The normalized spacial score (nSPS) is 13.4. The van der Waals surface area contributed by atoms with Crippen molar-refractivity contribution in [3.63, 3.8) is 0 Å². The minimum atomic E-state index is -0.775. The Hall–Kier alpha value is -2.44. The molecule has 0 aromatic heterocycles. The molecule has 0 N–H and O–H groups in total. The minimum absolute atomic E-state index is 0.0282. The Morgan fingerprint density at radius 3 is 1.70 bits per heavy atom. The monoisotopic (exact) mass is 379 g/mol. The van der Waals surface area contributed by atoms with Crippen LogP contribution < -0.4 is 0 Å². The first-order valence-electron chi connectivity index (χ1n) is 9.51. The maximum atomic E-state index is 12.4. The fourth-order valence-electron chi connectivity index (χ4n) is 2.17. The Labute approximate surface area is 160 Å². The Morgan fingerprint density at radius 2 is 1.22 bits per heavy atom. The van der Waals surface area contributed by atoms with E-state index in [1.54, 1.807) is 0 Å². The van der Waals surface area contributed by atoms with E-state index in [-0.39, 0.29) is 42.4 Å². The molecule has 0 radical (unpaired) electrons. The van der Waals surface area contributed by atoms with Gasteiger partial charge >= 0.3 is 17.9 Å². The average Bonchev–Trinajstić information content (AvgIpc) is 2.99. The van der Waals surface area contributed by atoms with Crippen molar-refractivity contribution >= 4 is 23.6 Å². The van der Waals surface area contributed by atoms with E-state index in [0.717, 1.165) is 19.3 Å². The lowest BCUT2D eigenvalue weighted by atomic mass is 10.0. The third-order valence-corrected chi connectivity index (χ3v) is 3.83. The van der Waals surface area contributed by atoms with Crippen LogP contribution in [0.15, 0.2) is 28.4 Å². The summed E-state index contributed by atoms with van der Waals surface area (Å²) < 4.78 is 15.4. The number of hydrogen-bond acceptors (Lipinski definition) is 7. The van der Waals surface area contributed by atoms with E-state index < -0.39 is 17.9 Å². The van der Waals surface area contributed by atoms with Crippen LogP contribution in [0.3, 0.4) is 0 Å². The molecule has 0 unspecified atom stereocenters. The number of aliphatic imine (C=N–C) groups is 1. The summed E-state index contributed by atoms with van der Waals surface area (Å²) in [5.74, 6) is -2.23. The molecule has 1 rings (SSSR count). The summed E-state index contributed by atoms with van der Waals surface area (Å²) in [5.41, 5.74) is -0.508. The number of esters is 3. The van der Waals surface area contributed by atoms with E-state index in [9.17, 15) is 14.4 Å². The molecule has 7 nitrogen and oxygen atoms in total. The molecule has 1 aliphatic rings. The second kappa shape index (κ2) is 12.0. The topological polar surface area (TPSA) is 91.3 Å². The van der Waals surface area contributed by atoms with Crippen molar-refractivity contribution in [3.8, 4) is 0 Å². The SMILES string of the molecule is C=C1C(C(=O)OCCCC)=NC(C(=O)OCCCC)=C1C(=O)OCCCC. The lowest BCUT2D eigenvalue weighted by molar-refractivity contribution is -0.142. The predicted octanol–water partition coefficient (Wildman–Crippen LogP) is 3.28. The van der Waals surface area contributed by atoms with Crippen LogP contribution in [0.5, 0.6) is 0 Å². The molecular weight excluding hydrogens is 350 g/mol. The van der Waals surface area contributed by atoms with Crippen LogP contribution in [0.25, 0.3) is 0 Å². The van der Waals surface area contributed by atoms with Crippen LogP contribution in [-0.4, -0.2) is 43.4 Å². The fourth-order valence-corrected chi connectivity index (χ4v) is 2.17. The van der Waals surface area contributed by atoms with Crippen molar-refractivity contribution in [1.82, 2.24) is 0 Å². The van der Waals surface area contributed by atoms with E-state index in [0.29, 0.717) is 19.3 Å². The molecular formula is C20H29NO6. The highest BCUT2D eigenvalue weighted by molar-refractivity contribution is 6.47. The van der Waals surface area contributed by atoms with Gasteiger partial charge in [0, 0.05) is 5.57 Å². The van der Waals surface area contributed by atoms with Gasteiger partial charge in [-0.25, -0.2) is 19.4 Å². The van der Waals surface area contributed by atoms with Crippen molar-refractivity contribution in [2.45, 2.75) is 59.3 Å². The summed E-state index contributed by atoms with van der Waals surface area (Å²) in [6, 6.07) is 0. The molecule has 0 aliphatic carbocycles. The van der Waals surface area contributed by atoms with Crippen molar-refractivity contribution < 1.29 is 28.6 Å². The van der Waals surface area contributed by atoms with Gasteiger partial charge in [-0.05, 0) is 19.3 Å². The summed E-state index contributed by atoms with van der Waals surface area (Å²) in [6.45, 7) is 10.3. The van der Waals surface area contributed by atoms with E-state index >= 15 is 0 Å². The van der Waals surface area contributed by atoms with Crippen molar-refractivity contribution in [1.29, 1.82) is 0 Å². The van der Waals surface area contributed by atoms with E-state index in [1.165, 1.54) is 0 Å². The van der Waals surface area contributed by atoms with Gasteiger partial charge in [-0.2, -0.15) is 0 Å². The minimum Gasteiger partial charge on any atom is -0.462 e. The second-order valence-corrected chi connectivity index (χ2v) is 6.13. The zero-order valence-electron chi connectivity index (χ0n) is 16.5. The van der Waals surface area contributed by atoms with Gasteiger partial charge < -0.3 is 14.2 Å². The smallest absolute Gasteiger partial charge is 0.357 e. The zero-order valence-corrected chi connectivity index (χ0v) is 16.5. The van der Waals surface area contributed by atoms with Crippen LogP contribution in [0.4, 0.5) is 0 Å². The molecule has 1 aliphatic heterocycles. The first-order chi connectivity index (χ1) is 13.0. The van der Waals surface area contributed by atoms with Crippen molar-refractivity contribution in [2.24, 2.45) is 4.99 Å². The number of unbranched alkanes of at least 4 members (excludes halogenated alkanes) is 3. The zero-order chi connectivity index (χ0) is 20.2. The third-order valence-electron chi connectivity index (χ3n) is 3.83. The summed E-state index contributed by atoms with van der Waals surface area (Å²) in [6.07, 6.45) is 4.65. The average molecular weight is 379 g/mol. The highest BCUT2D eigenvalue weighted by atomic mass is 16.5. The first-order valence-corrected chi connectivity index (χ1v) is 9.51. The van der Waals surface area contributed by atoms with Gasteiger partial charge in [0.2, 0.25) is 0 Å². The molecule has 0 spiro atoms. The molecule has 150 valence electrons. The maximum Gasteiger partial charge on any atom is 0.357 e. The molecule has 27 heavy (non-hydrogen) atoms. The van der Waals surface area contributed by atoms with Crippen LogP contribution >= 0.6 is 0 Å². The molecule has 7 heteroatoms. The second-order valence-electron chi connectivity index (χ2n) is 6.13. The van der Waals surface area contributed by atoms with Crippen LogP contribution in [-0.2, 0) is 28.6 Å². The number of nitrogens with zero attached hydrogens (tertiary/aromatic N) is 1. The van der Waals surface area contributed by atoms with Crippen molar-refractivity contribution in [3.05, 3.63) is 23.4 Å². The number of carbonyl (C=O) groups is 3. The number of rotatable bonds is 12. The third kappa shape index (κ3) is 6.66. The van der Waals surface area contributed by atoms with E-state index in [2.05, 4.69) is 11.6 Å². The predicted molar refractivity (Wildman–Crippen MR) is 101 cm³/mol. The fraction of sp³-hybridized carbons (Fsp3) is 0.600. The largest absolute Gasteiger partial charge is 0.462 e. The van der Waals surface area contributed by atoms with Gasteiger partial charge in [0.05, 0.1) is 19.8 Å². The molecule has 0 fully saturated rings. The molecule has 0 amide bonds. The number of carbonyl (C=O) groups excluding carboxylic acids is 3. The summed E-state index contributed by atoms with van der Waals surface area (Å²) in [5, 5.41) is 0. The lowest BCUT2D eigenvalue weighted by Crippen LogP contribution is -2.21. The van der Waals surface area contributed by atoms with E-state index in [1.807, 2.05) is 20.8 Å². The summed E-state index contributed by atoms with van der Waals surface area (Å²) in [7, 11) is 0. The van der Waals surface area contributed by atoms with Gasteiger partial charge in [-0.15, -0.1) is 0 Å². The molecule has 0 atom stereocenters. The molecule has 1 heterocycles. The quantitative estimate of drug-likeness (QED) is 0.294. The van der Waals surface area contributed by atoms with Gasteiger partial charge in [0.1, 0.15) is 5.57 Å². The molecule has 0 saturated heterocycles. The number of ether oxygens (including phenoxy) is 3. The molecule has 0 aromatic rings. The first kappa shape index (κ1) is 22.6. The highest BCUT2D eigenvalue weighted by Gasteiger charge is 2.36. The Balaban J connectivity index is 2.99. The van der Waals surface area contributed by atoms with E-state index in [4.69, 9.17) is 14.2 Å². The number of hydrogen-bond donors (Lipinski definition) is 0. The van der Waals surface area contributed by atoms with Crippen LogP contribution in [0, 0.1) is 0 Å². The Kier molecular flexibility index (Phi) is 10.1. The van der Waals surface area contributed by atoms with Gasteiger partial charge in [-0.3, -0.25) is 0 Å². The van der Waals surface area contributed by atoms with Gasteiger partial charge in [0.15, 0.2) is 11.4 Å². The Morgan fingerprint density at radius 1 is 0.778 bits per heavy atom.